The number of carbonyl (C=O) groups excluding carboxylic acids is 1. The van der Waals surface area contributed by atoms with Crippen molar-refractivity contribution < 1.29 is 22.3 Å². The molecule has 1 aromatic carbocycles. The standard InChI is InChI=1S/C13H17FN2O4S/c1-20-13(17)9-4-3-7-16(8-9)21(18,19)12-10(14)5-2-6-11(12)15/h2,5-6,9H,3-4,7-8,15H2,1H3. The number of carbonyl (C=O) groups is 1. The Balaban J connectivity index is 2.33. The first-order valence-corrected chi connectivity index (χ1v) is 7.94. The van der Waals surface area contributed by atoms with Crippen LogP contribution in [0.25, 0.3) is 0 Å². The van der Waals surface area contributed by atoms with Gasteiger partial charge in [0.15, 0.2) is 0 Å². The number of halogens is 1. The fraction of sp³-hybridized carbons (Fsp3) is 0.462. The number of sulfonamides is 1. The van der Waals surface area contributed by atoms with Crippen molar-refractivity contribution in [2.24, 2.45) is 5.92 Å². The van der Waals surface area contributed by atoms with Crippen molar-refractivity contribution in [1.29, 1.82) is 0 Å². The molecule has 0 bridgehead atoms. The minimum absolute atomic E-state index is 0.0250. The number of esters is 1. The van der Waals surface area contributed by atoms with Crippen molar-refractivity contribution in [1.82, 2.24) is 4.31 Å². The summed E-state index contributed by atoms with van der Waals surface area (Å²) in [5.74, 6) is -1.89. The quantitative estimate of drug-likeness (QED) is 0.663. The third kappa shape index (κ3) is 3.01. The van der Waals surface area contributed by atoms with Crippen LogP contribution < -0.4 is 5.73 Å². The zero-order chi connectivity index (χ0) is 15.6. The second-order valence-electron chi connectivity index (χ2n) is 4.88. The van der Waals surface area contributed by atoms with Gasteiger partial charge in [0, 0.05) is 13.1 Å². The van der Waals surface area contributed by atoms with Crippen LogP contribution in [0, 0.1) is 11.7 Å². The fourth-order valence-electron chi connectivity index (χ4n) is 2.45. The van der Waals surface area contributed by atoms with Crippen LogP contribution in [0.1, 0.15) is 12.8 Å². The molecule has 1 unspecified atom stereocenters. The molecule has 2 N–H and O–H groups in total. The summed E-state index contributed by atoms with van der Waals surface area (Å²) >= 11 is 0. The molecule has 0 radical (unpaired) electrons. The van der Waals surface area contributed by atoms with Crippen LogP contribution in [-0.2, 0) is 19.6 Å². The molecule has 1 aromatic rings. The molecule has 2 rings (SSSR count). The largest absolute Gasteiger partial charge is 0.469 e. The fourth-order valence-corrected chi connectivity index (χ4v) is 4.13. The molecule has 0 aliphatic carbocycles. The van der Waals surface area contributed by atoms with E-state index >= 15 is 0 Å². The maximum absolute atomic E-state index is 13.8. The van der Waals surface area contributed by atoms with Gasteiger partial charge < -0.3 is 10.5 Å². The Hall–Kier alpha value is -1.67. The van der Waals surface area contributed by atoms with E-state index in [1.54, 1.807) is 0 Å². The predicted molar refractivity (Wildman–Crippen MR) is 74.3 cm³/mol. The summed E-state index contributed by atoms with van der Waals surface area (Å²) in [5, 5.41) is 0. The van der Waals surface area contributed by atoms with Crippen LogP contribution in [0.15, 0.2) is 23.1 Å². The highest BCUT2D eigenvalue weighted by Gasteiger charge is 2.36. The number of ether oxygens (including phenoxy) is 1. The van der Waals surface area contributed by atoms with Crippen LogP contribution >= 0.6 is 0 Å². The summed E-state index contributed by atoms with van der Waals surface area (Å²) in [7, 11) is -2.82. The van der Waals surface area contributed by atoms with Gasteiger partial charge in [0.25, 0.3) is 0 Å². The lowest BCUT2D eigenvalue weighted by Crippen LogP contribution is -2.43. The molecule has 1 aliphatic heterocycles. The summed E-state index contributed by atoms with van der Waals surface area (Å²) in [6.45, 7) is 0.201. The van der Waals surface area contributed by atoms with Gasteiger partial charge in [0.05, 0.1) is 18.7 Å². The lowest BCUT2D eigenvalue weighted by Gasteiger charge is -2.30. The van der Waals surface area contributed by atoms with Gasteiger partial charge in [-0.25, -0.2) is 12.8 Å². The van der Waals surface area contributed by atoms with Gasteiger partial charge in [-0.15, -0.1) is 0 Å². The highest BCUT2D eigenvalue weighted by Crippen LogP contribution is 2.29. The minimum Gasteiger partial charge on any atom is -0.469 e. The van der Waals surface area contributed by atoms with E-state index in [9.17, 15) is 17.6 Å². The highest BCUT2D eigenvalue weighted by atomic mass is 32.2. The average Bonchev–Trinajstić information content (AvgIpc) is 2.46. The molecule has 21 heavy (non-hydrogen) atoms. The molecule has 1 aliphatic rings. The first kappa shape index (κ1) is 15.7. The van der Waals surface area contributed by atoms with Crippen LogP contribution in [-0.4, -0.2) is 38.9 Å². The number of nitrogen functional groups attached to an aromatic ring is 1. The first-order valence-electron chi connectivity index (χ1n) is 6.50. The minimum atomic E-state index is -4.07. The zero-order valence-electron chi connectivity index (χ0n) is 11.6. The molecule has 0 amide bonds. The SMILES string of the molecule is COC(=O)C1CCCN(S(=O)(=O)c2c(N)cccc2F)C1. The van der Waals surface area contributed by atoms with Gasteiger partial charge >= 0.3 is 5.97 Å². The van der Waals surface area contributed by atoms with Gasteiger partial charge in [-0.1, -0.05) is 6.07 Å². The van der Waals surface area contributed by atoms with Crippen LogP contribution in [0.5, 0.6) is 0 Å². The Morgan fingerprint density at radius 1 is 1.48 bits per heavy atom. The molecule has 0 saturated carbocycles. The summed E-state index contributed by atoms with van der Waals surface area (Å²) in [6.07, 6.45) is 1.05. The van der Waals surface area contributed by atoms with E-state index in [2.05, 4.69) is 4.74 Å². The van der Waals surface area contributed by atoms with Crippen molar-refractivity contribution >= 4 is 21.7 Å². The maximum Gasteiger partial charge on any atom is 0.309 e. The second kappa shape index (κ2) is 5.98. The number of rotatable bonds is 3. The third-order valence-electron chi connectivity index (χ3n) is 3.51. The van der Waals surface area contributed by atoms with Gasteiger partial charge in [-0.05, 0) is 25.0 Å². The molecule has 1 saturated heterocycles. The highest BCUT2D eigenvalue weighted by molar-refractivity contribution is 7.89. The summed E-state index contributed by atoms with van der Waals surface area (Å²) in [6, 6.07) is 3.72. The Kier molecular flexibility index (Phi) is 4.48. The molecule has 1 fully saturated rings. The normalized spacial score (nSPS) is 20.2. The Morgan fingerprint density at radius 3 is 2.81 bits per heavy atom. The van der Waals surface area contributed by atoms with Crippen molar-refractivity contribution in [2.45, 2.75) is 17.7 Å². The van der Waals surface area contributed by atoms with Crippen LogP contribution in [0.2, 0.25) is 0 Å². The number of benzene rings is 1. The summed E-state index contributed by atoms with van der Waals surface area (Å²) in [5.41, 5.74) is 5.45. The predicted octanol–water partition coefficient (Wildman–Crippen LogP) is 0.982. The van der Waals surface area contributed by atoms with E-state index in [4.69, 9.17) is 5.73 Å². The van der Waals surface area contributed by atoms with Crippen molar-refractivity contribution in [3.63, 3.8) is 0 Å². The Bertz CT molecular complexity index is 627. The lowest BCUT2D eigenvalue weighted by atomic mass is 10.0. The van der Waals surface area contributed by atoms with Crippen LogP contribution in [0.3, 0.4) is 0 Å². The van der Waals surface area contributed by atoms with Crippen molar-refractivity contribution in [2.75, 3.05) is 25.9 Å². The van der Waals surface area contributed by atoms with E-state index in [0.717, 1.165) is 10.4 Å². The summed E-state index contributed by atoms with van der Waals surface area (Å²) in [4.78, 5) is 11.0. The number of hydrogen-bond donors (Lipinski definition) is 1. The number of hydrogen-bond acceptors (Lipinski definition) is 5. The zero-order valence-corrected chi connectivity index (χ0v) is 12.4. The second-order valence-corrected chi connectivity index (χ2v) is 6.76. The molecule has 116 valence electrons. The van der Waals surface area contributed by atoms with E-state index in [1.165, 1.54) is 19.2 Å². The number of methoxy groups -OCH3 is 1. The van der Waals surface area contributed by atoms with Gasteiger partial charge in [0.1, 0.15) is 10.7 Å². The molecule has 0 aromatic heterocycles. The van der Waals surface area contributed by atoms with Crippen molar-refractivity contribution in [3.05, 3.63) is 24.0 Å². The number of nitrogens with two attached hydrogens (primary N) is 1. The Morgan fingerprint density at radius 2 is 2.19 bits per heavy atom. The Labute approximate surface area is 122 Å². The molecular formula is C13H17FN2O4S. The molecule has 6 nitrogen and oxygen atoms in total. The molecule has 1 heterocycles. The van der Waals surface area contributed by atoms with Crippen molar-refractivity contribution in [3.8, 4) is 0 Å². The molecule has 1 atom stereocenters. The number of piperidine rings is 1. The van der Waals surface area contributed by atoms with Gasteiger partial charge in [-0.2, -0.15) is 4.31 Å². The average molecular weight is 316 g/mol. The van der Waals surface area contributed by atoms with E-state index in [1.807, 2.05) is 0 Å². The maximum atomic E-state index is 13.8. The number of nitrogens with zero attached hydrogens (tertiary/aromatic N) is 1. The van der Waals surface area contributed by atoms with Crippen LogP contribution in [0.4, 0.5) is 10.1 Å². The van der Waals surface area contributed by atoms with Gasteiger partial charge in [-0.3, -0.25) is 4.79 Å². The van der Waals surface area contributed by atoms with E-state index in [0.29, 0.717) is 12.8 Å². The molecule has 8 heteroatoms. The monoisotopic (exact) mass is 316 g/mol. The smallest absolute Gasteiger partial charge is 0.309 e. The number of anilines is 1. The van der Waals surface area contributed by atoms with E-state index < -0.39 is 32.6 Å². The first-order chi connectivity index (χ1) is 9.87. The molecular weight excluding hydrogens is 299 g/mol. The third-order valence-corrected chi connectivity index (χ3v) is 5.47. The van der Waals surface area contributed by atoms with Gasteiger partial charge in [0.2, 0.25) is 10.0 Å². The lowest BCUT2D eigenvalue weighted by molar-refractivity contribution is -0.146. The van der Waals surface area contributed by atoms with E-state index in [-0.39, 0.29) is 18.8 Å². The topological polar surface area (TPSA) is 89.7 Å². The molecule has 0 spiro atoms. The summed E-state index contributed by atoms with van der Waals surface area (Å²) < 4.78 is 44.7.